The van der Waals surface area contributed by atoms with Gasteiger partial charge in [-0.1, -0.05) is 0 Å². The molecular formula is C12H11BrFN3O3S. The van der Waals surface area contributed by atoms with Crippen LogP contribution in [0, 0.1) is 5.82 Å². The van der Waals surface area contributed by atoms with Crippen LogP contribution in [0.5, 0.6) is 0 Å². The van der Waals surface area contributed by atoms with Crippen molar-refractivity contribution in [3.8, 4) is 0 Å². The van der Waals surface area contributed by atoms with Gasteiger partial charge in [-0.25, -0.2) is 4.39 Å². The fourth-order valence-corrected chi connectivity index (χ4v) is 2.87. The number of thioether (sulfide) groups is 1. The molecular weight excluding hydrogens is 365 g/mol. The summed E-state index contributed by atoms with van der Waals surface area (Å²) in [5.41, 5.74) is 7.88. The number of azide groups is 1. The normalized spacial score (nSPS) is 11.4. The molecule has 9 heteroatoms. The van der Waals surface area contributed by atoms with Crippen LogP contribution < -0.4 is 0 Å². The zero-order chi connectivity index (χ0) is 16.0. The Morgan fingerprint density at radius 2 is 2.24 bits per heavy atom. The Labute approximate surface area is 132 Å². The van der Waals surface area contributed by atoms with E-state index in [1.165, 1.54) is 6.07 Å². The van der Waals surface area contributed by atoms with Gasteiger partial charge in [0.25, 0.3) is 5.91 Å². The number of carbonyl (C=O) groups is 2. The third-order valence-corrected chi connectivity index (χ3v) is 4.37. The Morgan fingerprint density at radius 3 is 2.81 bits per heavy atom. The standard InChI is InChI=1S/C12H11BrFN3O3S/c1-3-20-12(19)6(2)21-10-4-7(11(18)16-17-15)9(14)5-8(10)13/h4-6H,3H2,1-2H3. The van der Waals surface area contributed by atoms with Crippen LogP contribution in [0.25, 0.3) is 10.4 Å². The number of hydrogen-bond acceptors (Lipinski definition) is 4. The molecule has 1 unspecified atom stereocenters. The summed E-state index contributed by atoms with van der Waals surface area (Å²) in [4.78, 5) is 25.9. The predicted molar refractivity (Wildman–Crippen MR) is 79.5 cm³/mol. The smallest absolute Gasteiger partial charge is 0.319 e. The SMILES string of the molecule is CCOC(=O)C(C)Sc1cc(C(=O)N=[N+]=[N-])c(F)cc1Br. The summed E-state index contributed by atoms with van der Waals surface area (Å²) in [6, 6.07) is 2.32. The molecule has 0 bridgehead atoms. The molecule has 0 spiro atoms. The van der Waals surface area contributed by atoms with Gasteiger partial charge in [0.1, 0.15) is 11.1 Å². The molecule has 0 radical (unpaired) electrons. The molecule has 0 aliphatic rings. The van der Waals surface area contributed by atoms with Gasteiger partial charge >= 0.3 is 5.97 Å². The van der Waals surface area contributed by atoms with Gasteiger partial charge in [0.15, 0.2) is 0 Å². The van der Waals surface area contributed by atoms with Crippen LogP contribution in [0.2, 0.25) is 0 Å². The van der Waals surface area contributed by atoms with E-state index in [-0.39, 0.29) is 12.2 Å². The number of ether oxygens (including phenoxy) is 1. The number of carbonyl (C=O) groups excluding carboxylic acids is 2. The summed E-state index contributed by atoms with van der Waals surface area (Å²) in [5, 5.41) is 2.32. The highest BCUT2D eigenvalue weighted by Crippen LogP contribution is 2.33. The van der Waals surface area contributed by atoms with Gasteiger partial charge in [0, 0.05) is 14.3 Å². The third-order valence-electron chi connectivity index (χ3n) is 2.31. The number of esters is 1. The van der Waals surface area contributed by atoms with Gasteiger partial charge in [-0.2, -0.15) is 0 Å². The Bertz CT molecular complexity index is 620. The third kappa shape index (κ3) is 4.73. The number of hydrogen-bond donors (Lipinski definition) is 0. The van der Waals surface area contributed by atoms with Crippen LogP contribution in [0.15, 0.2) is 26.6 Å². The number of amides is 1. The number of benzene rings is 1. The topological polar surface area (TPSA) is 92.1 Å². The maximum absolute atomic E-state index is 13.7. The van der Waals surface area contributed by atoms with E-state index in [4.69, 9.17) is 10.3 Å². The van der Waals surface area contributed by atoms with Crippen molar-refractivity contribution in [2.75, 3.05) is 6.61 Å². The molecule has 1 aromatic rings. The lowest BCUT2D eigenvalue weighted by Crippen LogP contribution is -2.16. The zero-order valence-electron chi connectivity index (χ0n) is 11.2. The van der Waals surface area contributed by atoms with Crippen molar-refractivity contribution in [2.24, 2.45) is 5.11 Å². The largest absolute Gasteiger partial charge is 0.465 e. The van der Waals surface area contributed by atoms with E-state index in [1.807, 2.05) is 0 Å². The van der Waals surface area contributed by atoms with Crippen LogP contribution in [0.4, 0.5) is 4.39 Å². The Kier molecular flexibility index (Phi) is 6.67. The van der Waals surface area contributed by atoms with E-state index in [2.05, 4.69) is 26.0 Å². The Balaban J connectivity index is 3.08. The van der Waals surface area contributed by atoms with Gasteiger partial charge in [-0.15, -0.1) is 11.8 Å². The average Bonchev–Trinajstić information content (AvgIpc) is 2.42. The van der Waals surface area contributed by atoms with Gasteiger partial charge in [-0.3, -0.25) is 9.59 Å². The van der Waals surface area contributed by atoms with Crippen molar-refractivity contribution < 1.29 is 18.7 Å². The summed E-state index contributed by atoms with van der Waals surface area (Å²) < 4.78 is 18.9. The van der Waals surface area contributed by atoms with Crippen molar-refractivity contribution in [1.82, 2.24) is 0 Å². The first-order chi connectivity index (χ1) is 9.90. The molecule has 1 rings (SSSR count). The van der Waals surface area contributed by atoms with Crippen LogP contribution in [-0.4, -0.2) is 23.7 Å². The maximum Gasteiger partial charge on any atom is 0.319 e. The van der Waals surface area contributed by atoms with Crippen LogP contribution >= 0.6 is 27.7 Å². The molecule has 1 amide bonds. The van der Waals surface area contributed by atoms with Crippen molar-refractivity contribution >= 4 is 39.6 Å². The highest BCUT2D eigenvalue weighted by atomic mass is 79.9. The lowest BCUT2D eigenvalue weighted by molar-refractivity contribution is -0.142. The molecule has 0 saturated heterocycles. The lowest BCUT2D eigenvalue weighted by atomic mass is 10.2. The van der Waals surface area contributed by atoms with Crippen LogP contribution in [0.1, 0.15) is 24.2 Å². The molecule has 0 aliphatic heterocycles. The summed E-state index contributed by atoms with van der Waals surface area (Å²) >= 11 is 4.26. The number of rotatable bonds is 5. The average molecular weight is 376 g/mol. The van der Waals surface area contributed by atoms with Crippen molar-refractivity contribution in [3.05, 3.63) is 38.4 Å². The van der Waals surface area contributed by atoms with Crippen molar-refractivity contribution in [1.29, 1.82) is 0 Å². The van der Waals surface area contributed by atoms with Gasteiger partial charge in [0.2, 0.25) is 0 Å². The van der Waals surface area contributed by atoms with Crippen molar-refractivity contribution in [3.63, 3.8) is 0 Å². The number of halogens is 2. The first-order valence-corrected chi connectivity index (χ1v) is 7.49. The van der Waals surface area contributed by atoms with E-state index in [0.717, 1.165) is 17.8 Å². The fourth-order valence-electron chi connectivity index (χ4n) is 1.38. The summed E-state index contributed by atoms with van der Waals surface area (Å²) in [5.74, 6) is -2.25. The minimum Gasteiger partial charge on any atom is -0.465 e. The maximum atomic E-state index is 13.7. The first-order valence-electron chi connectivity index (χ1n) is 5.82. The second kappa shape index (κ2) is 8.02. The van der Waals surface area contributed by atoms with Gasteiger partial charge in [-0.05, 0) is 52.6 Å². The molecule has 0 heterocycles. The second-order valence-electron chi connectivity index (χ2n) is 3.77. The monoisotopic (exact) mass is 375 g/mol. The predicted octanol–water partition coefficient (Wildman–Crippen LogP) is 4.08. The second-order valence-corrected chi connectivity index (χ2v) is 6.01. The minimum atomic E-state index is -1.02. The highest BCUT2D eigenvalue weighted by Gasteiger charge is 2.20. The van der Waals surface area contributed by atoms with E-state index < -0.39 is 22.9 Å². The van der Waals surface area contributed by atoms with Crippen LogP contribution in [0.3, 0.4) is 0 Å². The Hall–Kier alpha value is -1.57. The summed E-state index contributed by atoms with van der Waals surface area (Å²) in [7, 11) is 0. The summed E-state index contributed by atoms with van der Waals surface area (Å²) in [6.45, 7) is 3.59. The molecule has 0 saturated carbocycles. The van der Waals surface area contributed by atoms with Crippen molar-refractivity contribution in [2.45, 2.75) is 24.0 Å². The minimum absolute atomic E-state index is 0.259. The molecule has 0 N–H and O–H groups in total. The van der Waals surface area contributed by atoms with Gasteiger partial charge < -0.3 is 4.74 Å². The molecule has 0 fully saturated rings. The number of nitrogens with zero attached hydrogens (tertiary/aromatic N) is 3. The van der Waals surface area contributed by atoms with E-state index in [0.29, 0.717) is 9.37 Å². The van der Waals surface area contributed by atoms with Crippen LogP contribution in [-0.2, 0) is 9.53 Å². The molecule has 21 heavy (non-hydrogen) atoms. The molecule has 0 aromatic heterocycles. The molecule has 1 aromatic carbocycles. The quantitative estimate of drug-likeness (QED) is 0.254. The lowest BCUT2D eigenvalue weighted by Gasteiger charge is -2.12. The highest BCUT2D eigenvalue weighted by molar-refractivity contribution is 9.10. The van der Waals surface area contributed by atoms with E-state index in [9.17, 15) is 14.0 Å². The molecule has 0 aliphatic carbocycles. The molecule has 112 valence electrons. The zero-order valence-corrected chi connectivity index (χ0v) is 13.6. The van der Waals surface area contributed by atoms with Gasteiger partial charge in [0.05, 0.1) is 12.2 Å². The van der Waals surface area contributed by atoms with E-state index >= 15 is 0 Å². The molecule has 1 atom stereocenters. The molecule has 6 nitrogen and oxygen atoms in total. The summed E-state index contributed by atoms with van der Waals surface area (Å²) in [6.07, 6.45) is 0. The fraction of sp³-hybridized carbons (Fsp3) is 0.333. The van der Waals surface area contributed by atoms with E-state index in [1.54, 1.807) is 13.8 Å². The Morgan fingerprint density at radius 1 is 1.57 bits per heavy atom. The first kappa shape index (κ1) is 17.5.